The van der Waals surface area contributed by atoms with E-state index in [-0.39, 0.29) is 23.7 Å². The van der Waals surface area contributed by atoms with Crippen LogP contribution in [0.15, 0.2) is 12.2 Å². The Kier molecular flexibility index (Phi) is 3.57. The van der Waals surface area contributed by atoms with E-state index < -0.39 is 11.9 Å². The zero-order valence-electron chi connectivity index (χ0n) is 12.0. The summed E-state index contributed by atoms with van der Waals surface area (Å²) in [7, 11) is 1.84. The van der Waals surface area contributed by atoms with Crippen LogP contribution in [0.4, 0.5) is 0 Å². The van der Waals surface area contributed by atoms with E-state index in [1.54, 1.807) is 4.90 Å². The highest BCUT2D eigenvalue weighted by Gasteiger charge is 2.52. The van der Waals surface area contributed by atoms with Crippen LogP contribution in [0.1, 0.15) is 32.1 Å². The topological polar surface area (TPSA) is 57.6 Å². The van der Waals surface area contributed by atoms with Crippen molar-refractivity contribution < 1.29 is 14.7 Å². The van der Waals surface area contributed by atoms with Crippen LogP contribution < -0.4 is 0 Å². The molecule has 0 radical (unpaired) electrons. The highest BCUT2D eigenvalue weighted by Crippen LogP contribution is 2.48. The molecule has 1 amide bonds. The molecule has 3 aliphatic rings. The van der Waals surface area contributed by atoms with Gasteiger partial charge in [-0.15, -0.1) is 0 Å². The summed E-state index contributed by atoms with van der Waals surface area (Å²) in [4.78, 5) is 25.9. The fourth-order valence-electron chi connectivity index (χ4n) is 4.42. The third-order valence-corrected chi connectivity index (χ3v) is 5.41. The van der Waals surface area contributed by atoms with E-state index in [9.17, 15) is 14.7 Å². The molecule has 2 bridgehead atoms. The number of fused-ring (bicyclic) bond motifs is 2. The van der Waals surface area contributed by atoms with Gasteiger partial charge in [-0.2, -0.15) is 0 Å². The lowest BCUT2D eigenvalue weighted by Crippen LogP contribution is -2.42. The molecule has 0 heterocycles. The molecule has 110 valence electrons. The molecule has 0 aromatic rings. The third-order valence-electron chi connectivity index (χ3n) is 5.41. The van der Waals surface area contributed by atoms with E-state index in [2.05, 4.69) is 6.08 Å². The molecule has 3 aliphatic carbocycles. The largest absolute Gasteiger partial charge is 0.481 e. The van der Waals surface area contributed by atoms with Gasteiger partial charge in [0.05, 0.1) is 11.8 Å². The van der Waals surface area contributed by atoms with Crippen LogP contribution in [0, 0.1) is 29.6 Å². The zero-order valence-corrected chi connectivity index (χ0v) is 12.0. The first-order chi connectivity index (χ1) is 9.58. The van der Waals surface area contributed by atoms with Gasteiger partial charge in [-0.25, -0.2) is 0 Å². The Hall–Kier alpha value is -1.32. The summed E-state index contributed by atoms with van der Waals surface area (Å²) < 4.78 is 0. The molecule has 4 nitrogen and oxygen atoms in total. The van der Waals surface area contributed by atoms with Crippen molar-refractivity contribution in [2.24, 2.45) is 29.6 Å². The van der Waals surface area contributed by atoms with Crippen LogP contribution >= 0.6 is 0 Å². The highest BCUT2D eigenvalue weighted by atomic mass is 16.4. The zero-order chi connectivity index (χ0) is 14.3. The fraction of sp³-hybridized carbons (Fsp3) is 0.750. The quantitative estimate of drug-likeness (QED) is 0.801. The van der Waals surface area contributed by atoms with Crippen LogP contribution in [0.3, 0.4) is 0 Å². The summed E-state index contributed by atoms with van der Waals surface area (Å²) in [5, 5.41) is 9.42. The van der Waals surface area contributed by atoms with Gasteiger partial charge in [0.1, 0.15) is 0 Å². The molecule has 0 saturated heterocycles. The number of hydrogen-bond acceptors (Lipinski definition) is 2. The van der Waals surface area contributed by atoms with Gasteiger partial charge in [0.2, 0.25) is 5.91 Å². The standard InChI is InChI=1S/C16H23NO3/c1-17(9-10-4-2-3-5-10)15(18)13-11-6-7-12(8-11)14(13)16(19)20/h6-7,10-14H,2-5,8-9H2,1H3,(H,19,20)/t11?,12?,13-,14+/m0/s1. The maximum Gasteiger partial charge on any atom is 0.307 e. The van der Waals surface area contributed by atoms with E-state index in [0.29, 0.717) is 5.92 Å². The van der Waals surface area contributed by atoms with Gasteiger partial charge in [0.15, 0.2) is 0 Å². The molecule has 0 spiro atoms. The average molecular weight is 277 g/mol. The Labute approximate surface area is 119 Å². The average Bonchev–Trinajstić information content (AvgIpc) is 3.12. The second kappa shape index (κ2) is 5.23. The van der Waals surface area contributed by atoms with E-state index in [0.717, 1.165) is 13.0 Å². The maximum atomic E-state index is 12.7. The van der Waals surface area contributed by atoms with E-state index in [1.807, 2.05) is 13.1 Å². The number of carbonyl (C=O) groups is 2. The molecule has 20 heavy (non-hydrogen) atoms. The number of amides is 1. The highest BCUT2D eigenvalue weighted by molar-refractivity contribution is 5.86. The van der Waals surface area contributed by atoms with Crippen LogP contribution in [0.25, 0.3) is 0 Å². The summed E-state index contributed by atoms with van der Waals surface area (Å²) >= 11 is 0. The van der Waals surface area contributed by atoms with E-state index in [1.165, 1.54) is 25.7 Å². The van der Waals surface area contributed by atoms with Gasteiger partial charge in [-0.05, 0) is 37.0 Å². The summed E-state index contributed by atoms with van der Waals surface area (Å²) in [5.74, 6) is -0.805. The van der Waals surface area contributed by atoms with Gasteiger partial charge >= 0.3 is 5.97 Å². The van der Waals surface area contributed by atoms with Gasteiger partial charge in [0, 0.05) is 13.6 Å². The summed E-state index contributed by atoms with van der Waals surface area (Å²) in [5.41, 5.74) is 0. The number of carboxylic acid groups (broad SMARTS) is 1. The SMILES string of the molecule is CN(CC1CCCC1)C(=O)[C@H]1C2C=CC(C2)[C@H]1C(=O)O. The first kappa shape index (κ1) is 13.7. The van der Waals surface area contributed by atoms with Crippen molar-refractivity contribution in [3.8, 4) is 0 Å². The molecule has 0 aromatic carbocycles. The lowest BCUT2D eigenvalue weighted by Gasteiger charge is -2.30. The van der Waals surface area contributed by atoms with Crippen molar-refractivity contribution in [1.82, 2.24) is 4.90 Å². The maximum absolute atomic E-state index is 12.7. The van der Waals surface area contributed by atoms with Crippen LogP contribution in [-0.2, 0) is 9.59 Å². The Morgan fingerprint density at radius 1 is 1.15 bits per heavy atom. The molecule has 2 saturated carbocycles. The first-order valence-electron chi connectivity index (χ1n) is 7.74. The lowest BCUT2D eigenvalue weighted by molar-refractivity contribution is -0.150. The monoisotopic (exact) mass is 277 g/mol. The Morgan fingerprint density at radius 2 is 1.75 bits per heavy atom. The number of aliphatic carboxylic acids is 1. The number of carboxylic acids is 1. The second-order valence-electron chi connectivity index (χ2n) is 6.71. The minimum Gasteiger partial charge on any atom is -0.481 e. The number of allylic oxidation sites excluding steroid dienone is 2. The van der Waals surface area contributed by atoms with Crippen molar-refractivity contribution in [1.29, 1.82) is 0 Å². The van der Waals surface area contributed by atoms with Crippen molar-refractivity contribution in [3.63, 3.8) is 0 Å². The van der Waals surface area contributed by atoms with Gasteiger partial charge < -0.3 is 10.0 Å². The second-order valence-corrected chi connectivity index (χ2v) is 6.71. The Morgan fingerprint density at radius 3 is 2.35 bits per heavy atom. The smallest absolute Gasteiger partial charge is 0.307 e. The minimum atomic E-state index is -0.811. The van der Waals surface area contributed by atoms with Gasteiger partial charge in [-0.3, -0.25) is 9.59 Å². The molecule has 2 unspecified atom stereocenters. The van der Waals surface area contributed by atoms with Crippen molar-refractivity contribution in [2.45, 2.75) is 32.1 Å². The number of carbonyl (C=O) groups excluding carboxylic acids is 1. The third kappa shape index (κ3) is 2.25. The lowest BCUT2D eigenvalue weighted by atomic mass is 9.82. The van der Waals surface area contributed by atoms with Crippen molar-refractivity contribution in [3.05, 3.63) is 12.2 Å². The van der Waals surface area contributed by atoms with Gasteiger partial charge in [-0.1, -0.05) is 25.0 Å². The Bertz CT molecular complexity index is 439. The van der Waals surface area contributed by atoms with Crippen molar-refractivity contribution in [2.75, 3.05) is 13.6 Å². The molecule has 1 N–H and O–H groups in total. The predicted octanol–water partition coefficient (Wildman–Crippen LogP) is 2.16. The number of rotatable bonds is 4. The summed E-state index contributed by atoms with van der Waals surface area (Å²) in [6.45, 7) is 0.794. The fourth-order valence-corrected chi connectivity index (χ4v) is 4.42. The first-order valence-corrected chi connectivity index (χ1v) is 7.74. The number of nitrogens with zero attached hydrogens (tertiary/aromatic N) is 1. The summed E-state index contributed by atoms with van der Waals surface area (Å²) in [6, 6.07) is 0. The minimum absolute atomic E-state index is 0.0427. The molecule has 3 rings (SSSR count). The molecular weight excluding hydrogens is 254 g/mol. The van der Waals surface area contributed by atoms with E-state index >= 15 is 0 Å². The van der Waals surface area contributed by atoms with Crippen molar-refractivity contribution >= 4 is 11.9 Å². The van der Waals surface area contributed by atoms with Crippen LogP contribution in [0.2, 0.25) is 0 Å². The molecule has 0 aliphatic heterocycles. The normalized spacial score (nSPS) is 35.6. The van der Waals surface area contributed by atoms with Crippen LogP contribution in [-0.4, -0.2) is 35.5 Å². The van der Waals surface area contributed by atoms with Gasteiger partial charge in [0.25, 0.3) is 0 Å². The Balaban J connectivity index is 1.69. The molecular formula is C16H23NO3. The van der Waals surface area contributed by atoms with E-state index in [4.69, 9.17) is 0 Å². The molecule has 4 atom stereocenters. The molecule has 0 aromatic heterocycles. The predicted molar refractivity (Wildman–Crippen MR) is 74.9 cm³/mol. The summed E-state index contributed by atoms with van der Waals surface area (Å²) in [6.07, 6.45) is 9.82. The number of hydrogen-bond donors (Lipinski definition) is 1. The molecule has 2 fully saturated rings. The molecule has 4 heteroatoms. The van der Waals surface area contributed by atoms with Crippen LogP contribution in [0.5, 0.6) is 0 Å².